The van der Waals surface area contributed by atoms with E-state index < -0.39 is 0 Å². The van der Waals surface area contributed by atoms with Gasteiger partial charge in [-0.25, -0.2) is 0 Å². The molecule has 2 aliphatic heterocycles. The van der Waals surface area contributed by atoms with E-state index in [1.54, 1.807) is 0 Å². The highest BCUT2D eigenvalue weighted by Gasteiger charge is 2.34. The highest BCUT2D eigenvalue weighted by atomic mass is 16.2. The molecule has 0 radical (unpaired) electrons. The van der Waals surface area contributed by atoms with Crippen LogP contribution in [0, 0.1) is 0 Å². The minimum atomic E-state index is 0.135. The van der Waals surface area contributed by atoms with Crippen molar-refractivity contribution in [3.63, 3.8) is 0 Å². The van der Waals surface area contributed by atoms with Gasteiger partial charge in [0.15, 0.2) is 0 Å². The molecule has 0 aromatic heterocycles. The zero-order valence-corrected chi connectivity index (χ0v) is 15.5. The van der Waals surface area contributed by atoms with Crippen LogP contribution in [0.1, 0.15) is 53.4 Å². The zero-order valence-electron chi connectivity index (χ0n) is 15.5. The Morgan fingerprint density at radius 1 is 0.913 bits per heavy atom. The summed E-state index contributed by atoms with van der Waals surface area (Å²) in [5, 5.41) is 0. The molecule has 2 heterocycles. The molecule has 0 saturated carbocycles. The molecule has 0 aromatic rings. The fourth-order valence-corrected chi connectivity index (χ4v) is 4.12. The van der Waals surface area contributed by atoms with Crippen molar-refractivity contribution in [1.82, 2.24) is 14.7 Å². The standard InChI is InChI=1S/C19H35N3O/c1-6-19(23)22(17-7-11-20(12-8-17)15(2)3)18-9-13-21(14-10-18)16(4)5/h6,15-18H,1,7-14H2,2-5H3. The number of rotatable bonds is 5. The molecule has 4 nitrogen and oxygen atoms in total. The van der Waals surface area contributed by atoms with Crippen molar-refractivity contribution in [3.8, 4) is 0 Å². The fraction of sp³-hybridized carbons (Fsp3) is 0.842. The van der Waals surface area contributed by atoms with E-state index in [-0.39, 0.29) is 5.91 Å². The molecule has 23 heavy (non-hydrogen) atoms. The smallest absolute Gasteiger partial charge is 0.246 e. The fourth-order valence-electron chi connectivity index (χ4n) is 4.12. The molecular weight excluding hydrogens is 286 g/mol. The summed E-state index contributed by atoms with van der Waals surface area (Å²) in [6.45, 7) is 17.2. The molecule has 0 unspecified atom stereocenters. The number of hydrogen-bond acceptors (Lipinski definition) is 3. The first-order chi connectivity index (χ1) is 10.9. The Hall–Kier alpha value is -0.870. The maximum atomic E-state index is 12.5. The molecular formula is C19H35N3O. The number of piperidine rings is 2. The van der Waals surface area contributed by atoms with E-state index >= 15 is 0 Å². The van der Waals surface area contributed by atoms with Gasteiger partial charge in [-0.2, -0.15) is 0 Å². The summed E-state index contributed by atoms with van der Waals surface area (Å²) in [6.07, 6.45) is 5.91. The third-order valence-corrected chi connectivity index (χ3v) is 5.67. The summed E-state index contributed by atoms with van der Waals surface area (Å²) in [7, 11) is 0. The van der Waals surface area contributed by atoms with Crippen molar-refractivity contribution in [1.29, 1.82) is 0 Å². The van der Waals surface area contributed by atoms with Crippen LogP contribution in [0.2, 0.25) is 0 Å². The van der Waals surface area contributed by atoms with Crippen molar-refractivity contribution < 1.29 is 4.79 Å². The summed E-state index contributed by atoms with van der Waals surface area (Å²) >= 11 is 0. The Bertz CT molecular complexity index is 363. The van der Waals surface area contributed by atoms with Crippen LogP contribution in [-0.4, -0.2) is 71.0 Å². The van der Waals surface area contributed by atoms with E-state index in [1.165, 1.54) is 6.08 Å². The summed E-state index contributed by atoms with van der Waals surface area (Å²) in [6, 6.07) is 2.00. The van der Waals surface area contributed by atoms with Gasteiger partial charge in [-0.1, -0.05) is 6.58 Å². The first kappa shape index (κ1) is 18.5. The normalized spacial score (nSPS) is 22.7. The second kappa shape index (κ2) is 8.29. The highest BCUT2D eigenvalue weighted by Crippen LogP contribution is 2.26. The number of amides is 1. The monoisotopic (exact) mass is 321 g/mol. The highest BCUT2D eigenvalue weighted by molar-refractivity contribution is 5.87. The van der Waals surface area contributed by atoms with Gasteiger partial charge in [0.2, 0.25) is 5.91 Å². The van der Waals surface area contributed by atoms with Crippen molar-refractivity contribution >= 4 is 5.91 Å². The summed E-state index contributed by atoms with van der Waals surface area (Å²) in [4.78, 5) is 19.7. The van der Waals surface area contributed by atoms with Crippen LogP contribution in [0.5, 0.6) is 0 Å². The maximum absolute atomic E-state index is 12.5. The first-order valence-corrected chi connectivity index (χ1v) is 9.36. The van der Waals surface area contributed by atoms with Crippen LogP contribution in [0.4, 0.5) is 0 Å². The van der Waals surface area contributed by atoms with Crippen molar-refractivity contribution in [2.45, 2.75) is 77.5 Å². The third kappa shape index (κ3) is 4.57. The lowest BCUT2D eigenvalue weighted by molar-refractivity contribution is -0.133. The van der Waals surface area contributed by atoms with E-state index in [9.17, 15) is 4.79 Å². The van der Waals surface area contributed by atoms with E-state index in [0.29, 0.717) is 24.2 Å². The molecule has 0 bridgehead atoms. The van der Waals surface area contributed by atoms with Crippen molar-refractivity contribution in [2.24, 2.45) is 0 Å². The second-order valence-corrected chi connectivity index (χ2v) is 7.67. The maximum Gasteiger partial charge on any atom is 0.246 e. The predicted octanol–water partition coefficient (Wildman–Crippen LogP) is 2.75. The molecule has 2 aliphatic rings. The molecule has 2 rings (SSSR count). The average molecular weight is 322 g/mol. The number of hydrogen-bond donors (Lipinski definition) is 0. The summed E-state index contributed by atoms with van der Waals surface area (Å²) < 4.78 is 0. The van der Waals surface area contributed by atoms with E-state index in [2.05, 4.69) is 49.0 Å². The van der Waals surface area contributed by atoms with Gasteiger partial charge in [-0.3, -0.25) is 4.79 Å². The van der Waals surface area contributed by atoms with Crippen molar-refractivity contribution in [3.05, 3.63) is 12.7 Å². The molecule has 132 valence electrons. The Morgan fingerprint density at radius 2 is 1.26 bits per heavy atom. The summed E-state index contributed by atoms with van der Waals surface area (Å²) in [5.41, 5.74) is 0. The van der Waals surface area contributed by atoms with Gasteiger partial charge in [0.25, 0.3) is 0 Å². The Morgan fingerprint density at radius 3 is 1.52 bits per heavy atom. The molecule has 1 amide bonds. The topological polar surface area (TPSA) is 26.8 Å². The molecule has 0 atom stereocenters. The molecule has 0 aliphatic carbocycles. The largest absolute Gasteiger partial charge is 0.333 e. The quantitative estimate of drug-likeness (QED) is 0.729. The lowest BCUT2D eigenvalue weighted by Crippen LogP contribution is -2.55. The number of carbonyl (C=O) groups excluding carboxylic acids is 1. The lowest BCUT2D eigenvalue weighted by Gasteiger charge is -2.46. The van der Waals surface area contributed by atoms with E-state index in [0.717, 1.165) is 51.9 Å². The van der Waals surface area contributed by atoms with Gasteiger partial charge < -0.3 is 14.7 Å². The van der Waals surface area contributed by atoms with E-state index in [1.807, 2.05) is 0 Å². The number of likely N-dealkylation sites (tertiary alicyclic amines) is 2. The first-order valence-electron chi connectivity index (χ1n) is 9.36. The van der Waals surface area contributed by atoms with Crippen LogP contribution >= 0.6 is 0 Å². The third-order valence-electron chi connectivity index (χ3n) is 5.67. The average Bonchev–Trinajstić information content (AvgIpc) is 2.55. The van der Waals surface area contributed by atoms with Crippen LogP contribution in [0.25, 0.3) is 0 Å². The Kier molecular flexibility index (Phi) is 6.66. The minimum absolute atomic E-state index is 0.135. The SMILES string of the molecule is C=CC(=O)N(C1CCN(C(C)C)CC1)C1CCN(C(C)C)CC1. The van der Waals surface area contributed by atoms with E-state index in [4.69, 9.17) is 0 Å². The predicted molar refractivity (Wildman–Crippen MR) is 96.5 cm³/mol. The lowest BCUT2D eigenvalue weighted by atomic mass is 9.95. The van der Waals surface area contributed by atoms with Crippen LogP contribution in [0.3, 0.4) is 0 Å². The summed E-state index contributed by atoms with van der Waals surface area (Å²) in [5.74, 6) is 0.135. The molecule has 0 aromatic carbocycles. The number of nitrogens with zero attached hydrogens (tertiary/aromatic N) is 3. The molecule has 4 heteroatoms. The van der Waals surface area contributed by atoms with Gasteiger partial charge in [0.1, 0.15) is 0 Å². The van der Waals surface area contributed by atoms with Gasteiger partial charge in [0.05, 0.1) is 0 Å². The minimum Gasteiger partial charge on any atom is -0.333 e. The van der Waals surface area contributed by atoms with Crippen LogP contribution in [0.15, 0.2) is 12.7 Å². The Balaban J connectivity index is 1.99. The molecule has 2 fully saturated rings. The molecule has 2 saturated heterocycles. The van der Waals surface area contributed by atoms with Crippen LogP contribution < -0.4 is 0 Å². The van der Waals surface area contributed by atoms with Gasteiger partial charge in [0, 0.05) is 50.3 Å². The molecule has 0 spiro atoms. The Labute approximate surface area is 142 Å². The van der Waals surface area contributed by atoms with Gasteiger partial charge >= 0.3 is 0 Å². The number of carbonyl (C=O) groups is 1. The van der Waals surface area contributed by atoms with Crippen LogP contribution in [-0.2, 0) is 4.79 Å². The molecule has 0 N–H and O–H groups in total. The van der Waals surface area contributed by atoms with Gasteiger partial charge in [-0.15, -0.1) is 0 Å². The van der Waals surface area contributed by atoms with Crippen molar-refractivity contribution in [2.75, 3.05) is 26.2 Å². The van der Waals surface area contributed by atoms with Gasteiger partial charge in [-0.05, 0) is 59.5 Å². The second-order valence-electron chi connectivity index (χ2n) is 7.67. The zero-order chi connectivity index (χ0) is 17.0.